The number of rotatable bonds is 5. The van der Waals surface area contributed by atoms with Crippen LogP contribution in [0.1, 0.15) is 29.8 Å². The topological polar surface area (TPSA) is 172 Å². The van der Waals surface area contributed by atoms with Gasteiger partial charge in [-0.2, -0.15) is 10.4 Å². The third kappa shape index (κ3) is 4.31. The monoisotopic (exact) mass is 482 g/mol. The molecule has 3 aromatic heterocycles. The number of likely N-dealkylation sites (tertiary alicyclic amines) is 1. The number of hydrogen-bond acceptors (Lipinski definition) is 9. The third-order valence-corrected chi connectivity index (χ3v) is 5.66. The molecule has 0 aromatic carbocycles. The van der Waals surface area contributed by atoms with Crippen LogP contribution in [0.5, 0.6) is 5.88 Å². The number of amides is 2. The number of aliphatic hydroxyl groups is 1. The molecule has 12 nitrogen and oxygen atoms in total. The van der Waals surface area contributed by atoms with Gasteiger partial charge in [0.1, 0.15) is 35.2 Å². The summed E-state index contributed by atoms with van der Waals surface area (Å²) in [5.41, 5.74) is 5.57. The fourth-order valence-corrected chi connectivity index (χ4v) is 3.98. The molecule has 2 amide bonds. The molecule has 1 fully saturated rings. The number of fused-ring (bicyclic) bond motifs is 1. The summed E-state index contributed by atoms with van der Waals surface area (Å²) < 4.78 is 21.3. The van der Waals surface area contributed by atoms with Crippen LogP contribution in [-0.2, 0) is 4.79 Å². The zero-order valence-corrected chi connectivity index (χ0v) is 19.2. The van der Waals surface area contributed by atoms with Crippen LogP contribution in [0.3, 0.4) is 0 Å². The summed E-state index contributed by atoms with van der Waals surface area (Å²) in [6.45, 7) is 2.26. The van der Waals surface area contributed by atoms with E-state index in [1.807, 2.05) is 0 Å². The molecule has 182 valence electrons. The van der Waals surface area contributed by atoms with Crippen molar-refractivity contribution in [1.82, 2.24) is 29.8 Å². The average Bonchev–Trinajstić information content (AvgIpc) is 3.38. The Morgan fingerprint density at radius 1 is 1.34 bits per heavy atom. The number of nitrogens with zero attached hydrogens (tertiary/aromatic N) is 6. The van der Waals surface area contributed by atoms with Crippen molar-refractivity contribution in [2.45, 2.75) is 31.7 Å². The number of aromatic nitrogens is 4. The van der Waals surface area contributed by atoms with Crippen LogP contribution >= 0.6 is 0 Å². The molecule has 2 atom stereocenters. The van der Waals surface area contributed by atoms with E-state index in [4.69, 9.17) is 10.5 Å². The van der Waals surface area contributed by atoms with Gasteiger partial charge in [0.2, 0.25) is 5.88 Å². The molecule has 0 spiro atoms. The van der Waals surface area contributed by atoms with Crippen LogP contribution in [0.25, 0.3) is 16.8 Å². The Morgan fingerprint density at radius 3 is 2.74 bits per heavy atom. The van der Waals surface area contributed by atoms with Crippen molar-refractivity contribution >= 4 is 23.1 Å². The summed E-state index contributed by atoms with van der Waals surface area (Å²) in [6, 6.07) is 4.04. The molecule has 1 aliphatic heterocycles. The number of pyridine rings is 1. The highest BCUT2D eigenvalue weighted by atomic mass is 19.1. The molecule has 0 saturated carbocycles. The van der Waals surface area contributed by atoms with E-state index in [0.29, 0.717) is 16.8 Å². The molecule has 3 aromatic rings. The molecule has 35 heavy (non-hydrogen) atoms. The molecule has 4 N–H and O–H groups in total. The minimum Gasteiger partial charge on any atom is -0.480 e. The van der Waals surface area contributed by atoms with Gasteiger partial charge in [-0.3, -0.25) is 9.59 Å². The van der Waals surface area contributed by atoms with Crippen LogP contribution < -0.4 is 15.8 Å². The van der Waals surface area contributed by atoms with E-state index in [2.05, 4.69) is 26.5 Å². The Bertz CT molecular complexity index is 1360. The number of alkyl halides is 1. The van der Waals surface area contributed by atoms with Gasteiger partial charge in [-0.1, -0.05) is 0 Å². The number of ether oxygens (including phenoxy) is 1. The molecular formula is C22H23FN8O4. The minimum atomic E-state index is -1.66. The lowest BCUT2D eigenvalue weighted by molar-refractivity contribution is -0.146. The summed E-state index contributed by atoms with van der Waals surface area (Å²) in [7, 11) is 1.33. The van der Waals surface area contributed by atoms with Crippen molar-refractivity contribution in [1.29, 1.82) is 5.26 Å². The van der Waals surface area contributed by atoms with Crippen molar-refractivity contribution in [2.75, 3.05) is 25.9 Å². The number of hydrogen-bond donors (Lipinski definition) is 3. The van der Waals surface area contributed by atoms with Gasteiger partial charge in [0.25, 0.3) is 11.8 Å². The van der Waals surface area contributed by atoms with Crippen LogP contribution in [-0.4, -0.2) is 79.4 Å². The van der Waals surface area contributed by atoms with Gasteiger partial charge in [-0.05, 0) is 26.0 Å². The first-order chi connectivity index (χ1) is 16.5. The van der Waals surface area contributed by atoms with Crippen molar-refractivity contribution in [3.63, 3.8) is 0 Å². The number of nitriles is 1. The second kappa shape index (κ2) is 8.80. The molecule has 4 rings (SSSR count). The highest BCUT2D eigenvalue weighted by molar-refractivity contribution is 5.98. The van der Waals surface area contributed by atoms with Crippen LogP contribution in [0, 0.1) is 11.3 Å². The van der Waals surface area contributed by atoms with E-state index in [0.717, 1.165) is 4.90 Å². The summed E-state index contributed by atoms with van der Waals surface area (Å²) in [5, 5.41) is 26.3. The Hall–Kier alpha value is -4.31. The first kappa shape index (κ1) is 23.8. The second-order valence-electron chi connectivity index (χ2n) is 8.61. The highest BCUT2D eigenvalue weighted by Crippen LogP contribution is 2.30. The van der Waals surface area contributed by atoms with E-state index >= 15 is 0 Å². The van der Waals surface area contributed by atoms with Gasteiger partial charge in [-0.15, -0.1) is 0 Å². The number of nitrogen functional groups attached to an aromatic ring is 1. The fraction of sp³-hybridized carbons (Fsp3) is 0.364. The SMILES string of the molecule is COc1ncc(-c2c(C#N)cc3c(N)ncnn23)cc1C(=O)N[C@@H]1CN(C(=O)C(C)(C)O)C[C@@H]1F. The number of nitrogens with two attached hydrogens (primary N) is 1. The summed E-state index contributed by atoms with van der Waals surface area (Å²) in [5.74, 6) is -1.17. The van der Waals surface area contributed by atoms with Gasteiger partial charge in [0, 0.05) is 18.3 Å². The van der Waals surface area contributed by atoms with Gasteiger partial charge >= 0.3 is 0 Å². The molecule has 0 unspecified atom stereocenters. The molecular weight excluding hydrogens is 459 g/mol. The van der Waals surface area contributed by atoms with E-state index in [9.17, 15) is 24.3 Å². The molecule has 4 heterocycles. The lowest BCUT2D eigenvalue weighted by Crippen LogP contribution is -2.46. The van der Waals surface area contributed by atoms with Gasteiger partial charge in [-0.25, -0.2) is 18.9 Å². The Kier molecular flexibility index (Phi) is 5.99. The van der Waals surface area contributed by atoms with Gasteiger partial charge in [0.05, 0.1) is 31.0 Å². The van der Waals surface area contributed by atoms with Crippen molar-refractivity contribution < 1.29 is 23.8 Å². The lowest BCUT2D eigenvalue weighted by atomic mass is 10.1. The van der Waals surface area contributed by atoms with Crippen LogP contribution in [0.4, 0.5) is 10.2 Å². The number of carbonyl (C=O) groups excluding carboxylic acids is 2. The normalized spacial score (nSPS) is 17.9. The largest absolute Gasteiger partial charge is 0.480 e. The zero-order chi connectivity index (χ0) is 25.5. The Labute approximate surface area is 199 Å². The zero-order valence-electron chi connectivity index (χ0n) is 19.2. The quantitative estimate of drug-likeness (QED) is 0.462. The van der Waals surface area contributed by atoms with Gasteiger partial charge < -0.3 is 25.8 Å². The maximum atomic E-state index is 14.7. The molecule has 13 heteroatoms. The van der Waals surface area contributed by atoms with E-state index in [1.54, 1.807) is 0 Å². The maximum Gasteiger partial charge on any atom is 0.257 e. The van der Waals surface area contributed by atoms with E-state index < -0.39 is 29.6 Å². The number of anilines is 1. The molecule has 1 aliphatic rings. The molecule has 1 saturated heterocycles. The number of nitrogens with one attached hydrogen (secondary N) is 1. The summed E-state index contributed by atoms with van der Waals surface area (Å²) >= 11 is 0. The highest BCUT2D eigenvalue weighted by Gasteiger charge is 2.40. The fourth-order valence-electron chi connectivity index (χ4n) is 3.98. The molecule has 0 bridgehead atoms. The predicted octanol–water partition coefficient (Wildman–Crippen LogP) is 0.303. The minimum absolute atomic E-state index is 0.00895. The Morgan fingerprint density at radius 2 is 2.09 bits per heavy atom. The van der Waals surface area contributed by atoms with Crippen LogP contribution in [0.2, 0.25) is 0 Å². The predicted molar refractivity (Wildman–Crippen MR) is 121 cm³/mol. The third-order valence-electron chi connectivity index (χ3n) is 5.66. The first-order valence-corrected chi connectivity index (χ1v) is 10.6. The molecule has 0 radical (unpaired) electrons. The first-order valence-electron chi connectivity index (χ1n) is 10.6. The summed E-state index contributed by atoms with van der Waals surface area (Å²) in [4.78, 5) is 34.7. The maximum absolute atomic E-state index is 14.7. The van der Waals surface area contributed by atoms with Crippen molar-refractivity contribution in [2.24, 2.45) is 0 Å². The van der Waals surface area contributed by atoms with E-state index in [1.165, 1.54) is 50.1 Å². The standard InChI is InChI=1S/C22H23FN8O4/c1-22(2,34)21(33)30-8-14(23)15(9-30)29-19(32)13-4-12(7-26-20(13)35-3)17-11(6-24)5-16-18(25)27-10-28-31(16)17/h4-5,7,10,14-15,34H,8-9H2,1-3H3,(H,29,32)(H2,25,27,28)/t14-,15+/m0/s1. The number of methoxy groups -OCH3 is 1. The lowest BCUT2D eigenvalue weighted by Gasteiger charge is -2.24. The number of carbonyl (C=O) groups is 2. The number of halogens is 1. The molecule has 0 aliphatic carbocycles. The van der Waals surface area contributed by atoms with Crippen molar-refractivity contribution in [3.8, 4) is 23.2 Å². The van der Waals surface area contributed by atoms with Crippen LogP contribution in [0.15, 0.2) is 24.7 Å². The summed E-state index contributed by atoms with van der Waals surface area (Å²) in [6.07, 6.45) is 1.11. The van der Waals surface area contributed by atoms with Crippen molar-refractivity contribution in [3.05, 3.63) is 35.8 Å². The Balaban J connectivity index is 1.67. The average molecular weight is 482 g/mol. The second-order valence-corrected chi connectivity index (χ2v) is 8.61. The van der Waals surface area contributed by atoms with Gasteiger partial charge in [0.15, 0.2) is 5.82 Å². The smallest absolute Gasteiger partial charge is 0.257 e. The van der Waals surface area contributed by atoms with E-state index in [-0.39, 0.29) is 35.9 Å².